The maximum absolute atomic E-state index is 14.1. The Morgan fingerprint density at radius 2 is 1.78 bits per heavy atom. The summed E-state index contributed by atoms with van der Waals surface area (Å²) >= 11 is 0. The second-order valence-electron chi connectivity index (χ2n) is 7.09. The molecule has 1 heterocycles. The van der Waals surface area contributed by atoms with Gasteiger partial charge in [-0.05, 0) is 37.8 Å². The highest BCUT2D eigenvalue weighted by Crippen LogP contribution is 2.28. The Balaban J connectivity index is 2.02. The fourth-order valence-corrected chi connectivity index (χ4v) is 3.44. The Labute approximate surface area is 162 Å². The third-order valence-corrected chi connectivity index (χ3v) is 5.03. The van der Waals surface area contributed by atoms with Gasteiger partial charge in [0.25, 0.3) is 0 Å². The maximum atomic E-state index is 14.1. The van der Waals surface area contributed by atoms with Gasteiger partial charge in [-0.15, -0.1) is 0 Å². The molecule has 0 atom stereocenters. The molecule has 0 aliphatic rings. The van der Waals surface area contributed by atoms with E-state index in [1.54, 1.807) is 6.92 Å². The third-order valence-electron chi connectivity index (χ3n) is 5.03. The van der Waals surface area contributed by atoms with Crippen LogP contribution in [0.3, 0.4) is 0 Å². The molecule has 0 aliphatic carbocycles. The van der Waals surface area contributed by atoms with Crippen LogP contribution in [0.25, 0.3) is 11.3 Å². The number of rotatable bonds is 11. The Morgan fingerprint density at radius 1 is 1.07 bits per heavy atom. The first kappa shape index (κ1) is 21.2. The molecule has 3 nitrogen and oxygen atoms in total. The normalized spacial score (nSPS) is 11.0. The van der Waals surface area contributed by atoms with Gasteiger partial charge in [-0.1, -0.05) is 63.6 Å². The average Bonchev–Trinajstić information content (AvgIpc) is 3.04. The van der Waals surface area contributed by atoms with Crippen molar-refractivity contribution in [3.05, 3.63) is 46.9 Å². The van der Waals surface area contributed by atoms with E-state index in [9.17, 15) is 9.18 Å². The Kier molecular flexibility index (Phi) is 8.56. The van der Waals surface area contributed by atoms with Crippen molar-refractivity contribution in [1.82, 2.24) is 4.98 Å². The number of H-pyrrole nitrogens is 1. The summed E-state index contributed by atoms with van der Waals surface area (Å²) in [5.74, 6) is -1.22. The SMILES string of the molecule is CCCCCCCCCc1cccc(-c2cc(F)c(C(=O)OCC)[nH]2)c1C. The predicted octanol–water partition coefficient (Wildman–Crippen LogP) is 6.60. The molecule has 27 heavy (non-hydrogen) atoms. The number of aromatic nitrogens is 1. The van der Waals surface area contributed by atoms with Gasteiger partial charge in [0.2, 0.25) is 0 Å². The summed E-state index contributed by atoms with van der Waals surface area (Å²) in [6, 6.07) is 7.49. The van der Waals surface area contributed by atoms with Gasteiger partial charge >= 0.3 is 5.97 Å². The molecule has 0 fully saturated rings. The smallest absolute Gasteiger partial charge is 0.357 e. The molecule has 0 saturated carbocycles. The molecular formula is C23H32FNO2. The third kappa shape index (κ3) is 5.95. The molecule has 4 heteroatoms. The van der Waals surface area contributed by atoms with Gasteiger partial charge in [0, 0.05) is 17.3 Å². The van der Waals surface area contributed by atoms with Crippen LogP contribution in [-0.4, -0.2) is 17.6 Å². The monoisotopic (exact) mass is 373 g/mol. The highest BCUT2D eigenvalue weighted by Gasteiger charge is 2.18. The van der Waals surface area contributed by atoms with Crippen LogP contribution in [0.15, 0.2) is 24.3 Å². The molecule has 0 bridgehead atoms. The number of halogens is 1. The lowest BCUT2D eigenvalue weighted by Gasteiger charge is -2.10. The minimum Gasteiger partial charge on any atom is -0.461 e. The highest BCUT2D eigenvalue weighted by atomic mass is 19.1. The van der Waals surface area contributed by atoms with E-state index in [-0.39, 0.29) is 12.3 Å². The molecule has 2 rings (SSSR count). The van der Waals surface area contributed by atoms with E-state index < -0.39 is 11.8 Å². The van der Waals surface area contributed by atoms with Crippen molar-refractivity contribution >= 4 is 5.97 Å². The second kappa shape index (κ2) is 10.9. The molecule has 0 radical (unpaired) electrons. The fraction of sp³-hybridized carbons (Fsp3) is 0.522. The molecule has 0 spiro atoms. The Morgan fingerprint density at radius 3 is 2.48 bits per heavy atom. The molecule has 0 aliphatic heterocycles. The summed E-state index contributed by atoms with van der Waals surface area (Å²) in [6.45, 7) is 6.23. The van der Waals surface area contributed by atoms with Crippen LogP contribution >= 0.6 is 0 Å². The first-order valence-electron chi connectivity index (χ1n) is 10.2. The zero-order chi connectivity index (χ0) is 19.6. The molecule has 1 aromatic carbocycles. The summed E-state index contributed by atoms with van der Waals surface area (Å²) in [4.78, 5) is 14.7. The maximum Gasteiger partial charge on any atom is 0.357 e. The van der Waals surface area contributed by atoms with Crippen LogP contribution in [0.2, 0.25) is 0 Å². The first-order valence-corrected chi connectivity index (χ1v) is 10.2. The number of hydrogen-bond acceptors (Lipinski definition) is 2. The largest absolute Gasteiger partial charge is 0.461 e. The fourth-order valence-electron chi connectivity index (χ4n) is 3.44. The first-order chi connectivity index (χ1) is 13.1. The topological polar surface area (TPSA) is 42.1 Å². The van der Waals surface area contributed by atoms with Crippen molar-refractivity contribution in [1.29, 1.82) is 0 Å². The number of unbranched alkanes of at least 4 members (excludes halogenated alkanes) is 6. The quantitative estimate of drug-likeness (QED) is 0.356. The summed E-state index contributed by atoms with van der Waals surface area (Å²) in [6.07, 6.45) is 10.0. The molecule has 1 aromatic heterocycles. The van der Waals surface area contributed by atoms with E-state index in [2.05, 4.69) is 24.9 Å². The van der Waals surface area contributed by atoms with Crippen molar-refractivity contribution in [2.75, 3.05) is 6.61 Å². The molecule has 0 amide bonds. The van der Waals surface area contributed by atoms with Crippen LogP contribution in [0.4, 0.5) is 4.39 Å². The highest BCUT2D eigenvalue weighted by molar-refractivity contribution is 5.89. The molecule has 148 valence electrons. The van der Waals surface area contributed by atoms with Crippen LogP contribution in [-0.2, 0) is 11.2 Å². The number of hydrogen-bond donors (Lipinski definition) is 1. The zero-order valence-electron chi connectivity index (χ0n) is 16.9. The van der Waals surface area contributed by atoms with Crippen LogP contribution in [0, 0.1) is 12.7 Å². The van der Waals surface area contributed by atoms with Crippen molar-refractivity contribution in [3.63, 3.8) is 0 Å². The number of carbonyl (C=O) groups is 1. The number of esters is 1. The van der Waals surface area contributed by atoms with Gasteiger partial charge < -0.3 is 9.72 Å². The van der Waals surface area contributed by atoms with Crippen molar-refractivity contribution in [2.45, 2.75) is 72.1 Å². The molecule has 2 aromatic rings. The Hall–Kier alpha value is -2.10. The zero-order valence-corrected chi connectivity index (χ0v) is 16.9. The lowest BCUT2D eigenvalue weighted by molar-refractivity contribution is 0.0515. The van der Waals surface area contributed by atoms with Crippen LogP contribution < -0.4 is 0 Å². The molecule has 1 N–H and O–H groups in total. The molecule has 0 unspecified atom stereocenters. The Bertz CT molecular complexity index is 736. The minimum atomic E-state index is -0.655. The van der Waals surface area contributed by atoms with Crippen molar-refractivity contribution < 1.29 is 13.9 Å². The molecular weight excluding hydrogens is 341 g/mol. The number of carbonyl (C=O) groups excluding carboxylic acids is 1. The van der Waals surface area contributed by atoms with Crippen LogP contribution in [0.5, 0.6) is 0 Å². The van der Waals surface area contributed by atoms with Gasteiger partial charge in [0.05, 0.1) is 6.61 Å². The lowest BCUT2D eigenvalue weighted by atomic mass is 9.96. The van der Waals surface area contributed by atoms with Crippen molar-refractivity contribution in [2.24, 2.45) is 0 Å². The minimum absolute atomic E-state index is 0.108. The summed E-state index contributed by atoms with van der Waals surface area (Å²) in [5.41, 5.74) is 3.87. The lowest BCUT2D eigenvalue weighted by Crippen LogP contribution is -2.06. The van der Waals surface area contributed by atoms with Gasteiger partial charge in [-0.25, -0.2) is 9.18 Å². The number of nitrogens with one attached hydrogen (secondary N) is 1. The number of aromatic amines is 1. The standard InChI is InChI=1S/C23H32FNO2/c1-4-6-7-8-9-10-11-13-18-14-12-15-19(17(18)3)21-16-20(24)22(25-21)23(26)27-5-2/h12,14-16,25H,4-11,13H2,1-3H3. The average molecular weight is 374 g/mol. The van der Waals surface area contributed by atoms with E-state index >= 15 is 0 Å². The second-order valence-corrected chi connectivity index (χ2v) is 7.09. The van der Waals surface area contributed by atoms with E-state index in [1.807, 2.05) is 12.1 Å². The number of benzene rings is 1. The number of ether oxygens (including phenoxy) is 1. The van der Waals surface area contributed by atoms with E-state index in [0.29, 0.717) is 5.69 Å². The summed E-state index contributed by atoms with van der Waals surface area (Å²) in [5, 5.41) is 0. The van der Waals surface area contributed by atoms with Gasteiger partial charge in [-0.3, -0.25) is 0 Å². The van der Waals surface area contributed by atoms with E-state index in [0.717, 1.165) is 17.5 Å². The van der Waals surface area contributed by atoms with Crippen LogP contribution in [0.1, 0.15) is 80.4 Å². The van der Waals surface area contributed by atoms with Gasteiger partial charge in [0.1, 0.15) is 0 Å². The van der Waals surface area contributed by atoms with E-state index in [1.165, 1.54) is 56.6 Å². The number of aryl methyl sites for hydroxylation is 1. The van der Waals surface area contributed by atoms with E-state index in [4.69, 9.17) is 4.74 Å². The van der Waals surface area contributed by atoms with Crippen molar-refractivity contribution in [3.8, 4) is 11.3 Å². The molecule has 0 saturated heterocycles. The summed E-state index contributed by atoms with van der Waals surface area (Å²) < 4.78 is 19.0. The van der Waals surface area contributed by atoms with Gasteiger partial charge in [-0.2, -0.15) is 0 Å². The summed E-state index contributed by atoms with van der Waals surface area (Å²) in [7, 11) is 0. The predicted molar refractivity (Wildman–Crippen MR) is 109 cm³/mol. The van der Waals surface area contributed by atoms with Gasteiger partial charge in [0.15, 0.2) is 11.5 Å².